The van der Waals surface area contributed by atoms with Crippen LogP contribution >= 0.6 is 23.2 Å². The molecule has 0 unspecified atom stereocenters. The fourth-order valence-electron chi connectivity index (χ4n) is 3.27. The van der Waals surface area contributed by atoms with Gasteiger partial charge in [-0.1, -0.05) is 37.0 Å². The molecule has 1 heterocycles. The number of hydrogen-bond donors (Lipinski definition) is 2. The fraction of sp³-hybridized carbons (Fsp3) is 0.227. The molecular formula is C22H19Cl2NO5. The van der Waals surface area contributed by atoms with Crippen LogP contribution in [0.3, 0.4) is 0 Å². The fourth-order valence-corrected chi connectivity index (χ4v) is 3.57. The number of rotatable bonds is 7. The second kappa shape index (κ2) is 8.50. The Labute approximate surface area is 182 Å². The van der Waals surface area contributed by atoms with Crippen molar-refractivity contribution in [2.24, 2.45) is 5.41 Å². The SMILES string of the molecule is CCC(CC)(C(=O)O)C(=O)Oc1c(C(=O)c2ccc(Cl)cc2)[nH]c2ccc(Cl)cc12. The average molecular weight is 448 g/mol. The summed E-state index contributed by atoms with van der Waals surface area (Å²) in [5, 5.41) is 10.9. The number of aliphatic carboxylic acids is 1. The lowest BCUT2D eigenvalue weighted by Crippen LogP contribution is -2.41. The number of carboxylic acids is 1. The lowest BCUT2D eigenvalue weighted by atomic mass is 9.82. The van der Waals surface area contributed by atoms with Crippen LogP contribution in [0.4, 0.5) is 0 Å². The normalized spacial score (nSPS) is 11.5. The zero-order valence-electron chi connectivity index (χ0n) is 16.3. The summed E-state index contributed by atoms with van der Waals surface area (Å²) in [6.07, 6.45) is 0.0858. The number of nitrogens with one attached hydrogen (secondary N) is 1. The number of carbonyl (C=O) groups excluding carboxylic acids is 2. The van der Waals surface area contributed by atoms with Gasteiger partial charge in [-0.3, -0.25) is 14.4 Å². The maximum absolute atomic E-state index is 13.1. The summed E-state index contributed by atoms with van der Waals surface area (Å²) in [6, 6.07) is 11.1. The minimum absolute atomic E-state index is 0.0226. The van der Waals surface area contributed by atoms with Crippen molar-refractivity contribution in [1.82, 2.24) is 4.98 Å². The van der Waals surface area contributed by atoms with E-state index in [2.05, 4.69) is 4.98 Å². The number of esters is 1. The summed E-state index contributed by atoms with van der Waals surface area (Å²) >= 11 is 12.0. The lowest BCUT2D eigenvalue weighted by molar-refractivity contribution is -0.163. The zero-order valence-corrected chi connectivity index (χ0v) is 17.8. The highest BCUT2D eigenvalue weighted by Gasteiger charge is 2.45. The van der Waals surface area contributed by atoms with Gasteiger partial charge in [0.2, 0.25) is 5.78 Å². The van der Waals surface area contributed by atoms with Gasteiger partial charge in [0.25, 0.3) is 0 Å². The van der Waals surface area contributed by atoms with Crippen LogP contribution in [0.5, 0.6) is 5.75 Å². The van der Waals surface area contributed by atoms with Gasteiger partial charge < -0.3 is 14.8 Å². The summed E-state index contributed by atoms with van der Waals surface area (Å²) in [7, 11) is 0. The predicted molar refractivity (Wildman–Crippen MR) is 114 cm³/mol. The molecule has 0 atom stereocenters. The molecule has 0 amide bonds. The molecule has 0 spiro atoms. The van der Waals surface area contributed by atoms with E-state index in [4.69, 9.17) is 27.9 Å². The third-order valence-electron chi connectivity index (χ3n) is 5.25. The molecule has 0 fully saturated rings. The number of hydrogen-bond acceptors (Lipinski definition) is 4. The monoisotopic (exact) mass is 447 g/mol. The Morgan fingerprint density at radius 2 is 1.60 bits per heavy atom. The number of ether oxygens (including phenoxy) is 1. The number of carboxylic acid groups (broad SMARTS) is 1. The number of carbonyl (C=O) groups is 3. The van der Waals surface area contributed by atoms with E-state index in [1.54, 1.807) is 56.3 Å². The van der Waals surface area contributed by atoms with Gasteiger partial charge in [-0.2, -0.15) is 0 Å². The highest BCUT2D eigenvalue weighted by molar-refractivity contribution is 6.31. The Morgan fingerprint density at radius 3 is 2.17 bits per heavy atom. The van der Waals surface area contributed by atoms with Crippen molar-refractivity contribution >= 4 is 51.8 Å². The highest BCUT2D eigenvalue weighted by Crippen LogP contribution is 2.37. The van der Waals surface area contributed by atoms with Crippen molar-refractivity contribution in [3.05, 3.63) is 63.8 Å². The van der Waals surface area contributed by atoms with Gasteiger partial charge in [-0.25, -0.2) is 0 Å². The van der Waals surface area contributed by atoms with Crippen LogP contribution in [0.2, 0.25) is 10.0 Å². The first-order chi connectivity index (χ1) is 14.2. The van der Waals surface area contributed by atoms with E-state index >= 15 is 0 Å². The van der Waals surface area contributed by atoms with Crippen LogP contribution in [0.25, 0.3) is 10.9 Å². The molecule has 0 aliphatic rings. The smallest absolute Gasteiger partial charge is 0.328 e. The Kier molecular flexibility index (Phi) is 6.19. The highest BCUT2D eigenvalue weighted by atomic mass is 35.5. The van der Waals surface area contributed by atoms with E-state index in [9.17, 15) is 19.5 Å². The Bertz CT molecular complexity index is 1130. The van der Waals surface area contributed by atoms with Gasteiger partial charge in [0, 0.05) is 26.5 Å². The van der Waals surface area contributed by atoms with Crippen LogP contribution in [0.15, 0.2) is 42.5 Å². The maximum Gasteiger partial charge on any atom is 0.328 e. The molecule has 0 bridgehead atoms. The topological polar surface area (TPSA) is 96.5 Å². The predicted octanol–water partition coefficient (Wildman–Crippen LogP) is 5.50. The average Bonchev–Trinajstić information content (AvgIpc) is 3.06. The molecule has 156 valence electrons. The molecule has 8 heteroatoms. The van der Waals surface area contributed by atoms with Gasteiger partial charge in [-0.15, -0.1) is 0 Å². The first kappa shape index (κ1) is 21.9. The Morgan fingerprint density at radius 1 is 1.00 bits per heavy atom. The van der Waals surface area contributed by atoms with Crippen molar-refractivity contribution in [1.29, 1.82) is 0 Å². The maximum atomic E-state index is 13.1. The number of benzene rings is 2. The van der Waals surface area contributed by atoms with Gasteiger partial charge in [0.1, 0.15) is 5.69 Å². The molecule has 3 aromatic rings. The molecular weight excluding hydrogens is 429 g/mol. The van der Waals surface area contributed by atoms with E-state index in [-0.39, 0.29) is 24.3 Å². The molecule has 0 aliphatic carbocycles. The van der Waals surface area contributed by atoms with Crippen molar-refractivity contribution in [2.75, 3.05) is 0 Å². The van der Waals surface area contributed by atoms with Crippen molar-refractivity contribution in [3.8, 4) is 5.75 Å². The summed E-state index contributed by atoms with van der Waals surface area (Å²) in [4.78, 5) is 40.9. The summed E-state index contributed by atoms with van der Waals surface area (Å²) in [5.74, 6) is -2.70. The Hall–Kier alpha value is -2.83. The molecule has 0 saturated carbocycles. The summed E-state index contributed by atoms with van der Waals surface area (Å²) in [5.41, 5.74) is -0.851. The van der Waals surface area contributed by atoms with Crippen molar-refractivity contribution < 1.29 is 24.2 Å². The second-order valence-corrected chi connectivity index (χ2v) is 7.71. The van der Waals surface area contributed by atoms with E-state index < -0.39 is 23.1 Å². The van der Waals surface area contributed by atoms with Crippen molar-refractivity contribution in [2.45, 2.75) is 26.7 Å². The van der Waals surface area contributed by atoms with E-state index in [1.807, 2.05) is 0 Å². The van der Waals surface area contributed by atoms with Crippen LogP contribution in [0, 0.1) is 5.41 Å². The molecule has 2 aromatic carbocycles. The summed E-state index contributed by atoms with van der Waals surface area (Å²) < 4.78 is 5.57. The quantitative estimate of drug-likeness (QED) is 0.283. The Balaban J connectivity index is 2.14. The molecule has 30 heavy (non-hydrogen) atoms. The molecule has 6 nitrogen and oxygen atoms in total. The first-order valence-electron chi connectivity index (χ1n) is 9.30. The zero-order chi connectivity index (χ0) is 22.1. The third kappa shape index (κ3) is 3.80. The van der Waals surface area contributed by atoms with E-state index in [1.165, 1.54) is 0 Å². The van der Waals surface area contributed by atoms with Crippen LogP contribution in [-0.4, -0.2) is 27.8 Å². The second-order valence-electron chi connectivity index (χ2n) is 6.84. The first-order valence-corrected chi connectivity index (χ1v) is 10.1. The number of fused-ring (bicyclic) bond motifs is 1. The van der Waals surface area contributed by atoms with Crippen molar-refractivity contribution in [3.63, 3.8) is 0 Å². The minimum atomic E-state index is -1.72. The van der Waals surface area contributed by atoms with Crippen LogP contribution in [0.1, 0.15) is 42.7 Å². The number of aromatic nitrogens is 1. The molecule has 2 N–H and O–H groups in total. The van der Waals surface area contributed by atoms with E-state index in [0.717, 1.165) is 0 Å². The van der Waals surface area contributed by atoms with Gasteiger partial charge in [0.15, 0.2) is 11.2 Å². The van der Waals surface area contributed by atoms with Crippen LogP contribution in [-0.2, 0) is 9.59 Å². The van der Waals surface area contributed by atoms with Gasteiger partial charge in [0.05, 0.1) is 0 Å². The molecule has 1 aromatic heterocycles. The number of aromatic amines is 1. The molecule has 0 saturated heterocycles. The number of ketones is 1. The molecule has 3 rings (SSSR count). The number of H-pyrrole nitrogens is 1. The summed E-state index contributed by atoms with van der Waals surface area (Å²) in [6.45, 7) is 3.20. The van der Waals surface area contributed by atoms with Gasteiger partial charge in [-0.05, 0) is 55.3 Å². The van der Waals surface area contributed by atoms with Crippen LogP contribution < -0.4 is 4.74 Å². The lowest BCUT2D eigenvalue weighted by Gasteiger charge is -2.24. The van der Waals surface area contributed by atoms with E-state index in [0.29, 0.717) is 26.5 Å². The third-order valence-corrected chi connectivity index (χ3v) is 5.74. The molecule has 0 radical (unpaired) electrons. The largest absolute Gasteiger partial charge is 0.480 e. The number of halogens is 2. The minimum Gasteiger partial charge on any atom is -0.480 e. The van der Waals surface area contributed by atoms with Gasteiger partial charge >= 0.3 is 11.9 Å². The standard InChI is InChI=1S/C22H19Cl2NO5/c1-3-22(4-2,20(27)28)21(29)30-19-15-11-14(24)9-10-16(15)25-17(19)18(26)12-5-7-13(23)8-6-12/h5-11,25H,3-4H2,1-2H3,(H,27,28). The molecule has 0 aliphatic heterocycles.